The van der Waals surface area contributed by atoms with E-state index in [4.69, 9.17) is 0 Å². The van der Waals surface area contributed by atoms with E-state index < -0.39 is 15.8 Å². The van der Waals surface area contributed by atoms with Crippen LogP contribution >= 0.6 is 27.2 Å². The van der Waals surface area contributed by atoms with Crippen molar-refractivity contribution < 1.29 is 0 Å². The van der Waals surface area contributed by atoms with Gasteiger partial charge in [0.1, 0.15) is 0 Å². The van der Waals surface area contributed by atoms with Crippen molar-refractivity contribution in [1.29, 1.82) is 0 Å². The number of rotatable bonds is 6. The minimum Gasteiger partial charge on any atom is -0.145 e. The van der Waals surface area contributed by atoms with Crippen LogP contribution in [0, 0.1) is 13.8 Å². The third-order valence-corrected chi connectivity index (χ3v) is 12.5. The Morgan fingerprint density at radius 2 is 0.636 bits per heavy atom. The SMILES string of the molecule is Cc1sc(C)c(P(c2ccccc2)c2ccccc2)c1P(c1ccccc1)c1ccccc1. The zero-order valence-corrected chi connectivity index (χ0v) is 21.5. The van der Waals surface area contributed by atoms with Gasteiger partial charge in [-0.05, 0) is 50.9 Å². The van der Waals surface area contributed by atoms with Crippen molar-refractivity contribution in [2.45, 2.75) is 13.8 Å². The van der Waals surface area contributed by atoms with Crippen LogP contribution in [0.2, 0.25) is 0 Å². The summed E-state index contributed by atoms with van der Waals surface area (Å²) in [5, 5.41) is 8.75. The second-order valence-corrected chi connectivity index (χ2v) is 13.7. The molecule has 1 heterocycles. The van der Waals surface area contributed by atoms with Gasteiger partial charge in [-0.3, -0.25) is 0 Å². The van der Waals surface area contributed by atoms with Gasteiger partial charge in [-0.25, -0.2) is 0 Å². The maximum atomic E-state index is 2.32. The lowest BCUT2D eigenvalue weighted by Gasteiger charge is -2.26. The lowest BCUT2D eigenvalue weighted by Crippen LogP contribution is -2.34. The number of hydrogen-bond donors (Lipinski definition) is 0. The van der Waals surface area contributed by atoms with Crippen LogP contribution < -0.4 is 31.8 Å². The maximum absolute atomic E-state index is 2.32. The molecule has 0 bridgehead atoms. The van der Waals surface area contributed by atoms with E-state index in [0.717, 1.165) is 0 Å². The molecule has 5 rings (SSSR count). The van der Waals surface area contributed by atoms with Gasteiger partial charge in [0, 0.05) is 20.4 Å². The van der Waals surface area contributed by atoms with Crippen LogP contribution in [-0.4, -0.2) is 0 Å². The van der Waals surface area contributed by atoms with Crippen molar-refractivity contribution in [3.63, 3.8) is 0 Å². The molecule has 0 saturated heterocycles. The molecule has 162 valence electrons. The van der Waals surface area contributed by atoms with E-state index >= 15 is 0 Å². The normalized spacial score (nSPS) is 11.3. The highest BCUT2D eigenvalue weighted by Crippen LogP contribution is 2.43. The predicted octanol–water partition coefficient (Wildman–Crippen LogP) is 5.88. The second kappa shape index (κ2) is 10.1. The molecule has 0 N–H and O–H groups in total. The Hall–Kier alpha value is -2.56. The van der Waals surface area contributed by atoms with E-state index in [0.29, 0.717) is 0 Å². The molecule has 0 aliphatic rings. The Morgan fingerprint density at radius 1 is 0.394 bits per heavy atom. The number of aryl methyl sites for hydroxylation is 2. The van der Waals surface area contributed by atoms with E-state index in [1.807, 2.05) is 11.3 Å². The molecule has 5 aromatic rings. The Bertz CT molecular complexity index is 1130. The van der Waals surface area contributed by atoms with Gasteiger partial charge in [-0.15, -0.1) is 11.3 Å². The molecule has 0 aliphatic heterocycles. The molecule has 0 aliphatic carbocycles. The Balaban J connectivity index is 1.79. The maximum Gasteiger partial charge on any atom is 0.0107 e. The fourth-order valence-electron chi connectivity index (χ4n) is 4.31. The Labute approximate surface area is 203 Å². The first-order valence-electron chi connectivity index (χ1n) is 11.1. The second-order valence-electron chi connectivity index (χ2n) is 7.92. The minimum absolute atomic E-state index is 0.653. The molecule has 0 radical (unpaired) electrons. The zero-order valence-electron chi connectivity index (χ0n) is 18.8. The summed E-state index contributed by atoms with van der Waals surface area (Å²) in [7, 11) is -1.31. The molecule has 1 aromatic heterocycles. The Morgan fingerprint density at radius 3 is 0.879 bits per heavy atom. The average molecular weight is 481 g/mol. The predicted molar refractivity (Wildman–Crippen MR) is 151 cm³/mol. The molecular formula is C30H26P2S. The van der Waals surface area contributed by atoms with Crippen molar-refractivity contribution in [1.82, 2.24) is 0 Å². The molecule has 0 spiro atoms. The first-order valence-corrected chi connectivity index (χ1v) is 14.6. The van der Waals surface area contributed by atoms with E-state index in [-0.39, 0.29) is 0 Å². The van der Waals surface area contributed by atoms with Crippen LogP contribution in [0.1, 0.15) is 9.75 Å². The summed E-state index contributed by atoms with van der Waals surface area (Å²) in [5.74, 6) is 0. The summed E-state index contributed by atoms with van der Waals surface area (Å²) in [6.07, 6.45) is 0. The largest absolute Gasteiger partial charge is 0.145 e. The molecule has 0 fully saturated rings. The third-order valence-electron chi connectivity index (χ3n) is 5.70. The van der Waals surface area contributed by atoms with Gasteiger partial charge < -0.3 is 0 Å². The van der Waals surface area contributed by atoms with Gasteiger partial charge in [-0.1, -0.05) is 121 Å². The quantitative estimate of drug-likeness (QED) is 0.266. The van der Waals surface area contributed by atoms with Crippen molar-refractivity contribution in [3.8, 4) is 0 Å². The Kier molecular flexibility index (Phi) is 6.84. The fraction of sp³-hybridized carbons (Fsp3) is 0.0667. The first-order chi connectivity index (χ1) is 16.2. The average Bonchev–Trinajstić information content (AvgIpc) is 3.15. The van der Waals surface area contributed by atoms with Crippen LogP contribution in [0.5, 0.6) is 0 Å². The molecule has 0 atom stereocenters. The molecule has 0 nitrogen and oxygen atoms in total. The van der Waals surface area contributed by atoms with Crippen LogP contribution in [-0.2, 0) is 0 Å². The van der Waals surface area contributed by atoms with Gasteiger partial charge in [0.25, 0.3) is 0 Å². The van der Waals surface area contributed by atoms with Crippen molar-refractivity contribution in [2.75, 3.05) is 0 Å². The van der Waals surface area contributed by atoms with Gasteiger partial charge >= 0.3 is 0 Å². The molecule has 0 amide bonds. The van der Waals surface area contributed by atoms with E-state index in [9.17, 15) is 0 Å². The van der Waals surface area contributed by atoms with Crippen LogP contribution in [0.25, 0.3) is 0 Å². The summed E-state index contributed by atoms with van der Waals surface area (Å²) < 4.78 is 0. The lowest BCUT2D eigenvalue weighted by molar-refractivity contribution is 1.68. The number of benzene rings is 4. The number of thiophene rings is 1. The summed E-state index contributed by atoms with van der Waals surface area (Å²) in [6, 6.07) is 44.4. The smallest absolute Gasteiger partial charge is 0.0107 e. The molecule has 4 aromatic carbocycles. The van der Waals surface area contributed by atoms with E-state index in [1.165, 1.54) is 31.0 Å². The summed E-state index contributed by atoms with van der Waals surface area (Å²) in [5.41, 5.74) is 0. The van der Waals surface area contributed by atoms with Crippen LogP contribution in [0.3, 0.4) is 0 Å². The van der Waals surface area contributed by atoms with Crippen molar-refractivity contribution in [3.05, 3.63) is 131 Å². The monoisotopic (exact) mass is 480 g/mol. The highest BCUT2D eigenvalue weighted by atomic mass is 32.1. The third kappa shape index (κ3) is 4.60. The minimum atomic E-state index is -0.653. The van der Waals surface area contributed by atoms with Crippen LogP contribution in [0.4, 0.5) is 0 Å². The molecule has 33 heavy (non-hydrogen) atoms. The lowest BCUT2D eigenvalue weighted by atomic mass is 10.4. The summed E-state index contributed by atoms with van der Waals surface area (Å²) in [6.45, 7) is 4.64. The first kappa shape index (κ1) is 22.2. The van der Waals surface area contributed by atoms with Gasteiger partial charge in [0.2, 0.25) is 0 Å². The summed E-state index contributed by atoms with van der Waals surface area (Å²) in [4.78, 5) is 2.89. The summed E-state index contributed by atoms with van der Waals surface area (Å²) >= 11 is 1.96. The van der Waals surface area contributed by atoms with Crippen LogP contribution in [0.15, 0.2) is 121 Å². The number of hydrogen-bond acceptors (Lipinski definition) is 1. The zero-order chi connectivity index (χ0) is 22.6. The highest BCUT2D eigenvalue weighted by Gasteiger charge is 2.30. The molecule has 3 heteroatoms. The topological polar surface area (TPSA) is 0 Å². The van der Waals surface area contributed by atoms with Gasteiger partial charge in [0.05, 0.1) is 0 Å². The van der Waals surface area contributed by atoms with Crippen molar-refractivity contribution >= 4 is 59.0 Å². The molecule has 0 unspecified atom stereocenters. The molecule has 0 saturated carbocycles. The fourth-order valence-corrected chi connectivity index (χ4v) is 11.6. The van der Waals surface area contributed by atoms with E-state index in [2.05, 4.69) is 135 Å². The van der Waals surface area contributed by atoms with Gasteiger partial charge in [0.15, 0.2) is 0 Å². The van der Waals surface area contributed by atoms with Gasteiger partial charge in [-0.2, -0.15) is 0 Å². The van der Waals surface area contributed by atoms with Crippen molar-refractivity contribution in [2.24, 2.45) is 0 Å². The standard InChI is InChI=1S/C30H26P2S/c1-23-29(31(25-15-7-3-8-16-25)26-17-9-4-10-18-26)30(24(2)33-23)32(27-19-11-5-12-20-27)28-21-13-6-14-22-28/h3-22H,1-2H3. The molecular weight excluding hydrogens is 454 g/mol. The van der Waals surface area contributed by atoms with E-state index in [1.54, 1.807) is 10.6 Å². The highest BCUT2D eigenvalue weighted by molar-refractivity contribution is 7.86.